The van der Waals surface area contributed by atoms with Gasteiger partial charge in [-0.3, -0.25) is 14.4 Å². The highest BCUT2D eigenvalue weighted by Gasteiger charge is 2.49. The Hall–Kier alpha value is -2.17. The fourth-order valence-electron chi connectivity index (χ4n) is 3.33. The number of ketones is 1. The molecule has 2 fully saturated rings. The van der Waals surface area contributed by atoms with Crippen LogP contribution in [0.2, 0.25) is 0 Å². The monoisotopic (exact) mass is 328 g/mol. The average molecular weight is 328 g/mol. The third-order valence-electron chi connectivity index (χ3n) is 4.90. The molecule has 1 aliphatic heterocycles. The van der Waals surface area contributed by atoms with Crippen molar-refractivity contribution in [2.75, 3.05) is 18.4 Å². The van der Waals surface area contributed by atoms with Crippen LogP contribution < -0.4 is 5.32 Å². The number of carbonyl (C=O) groups excluding carboxylic acids is 3. The van der Waals surface area contributed by atoms with Crippen molar-refractivity contribution in [1.29, 1.82) is 0 Å². The Labute approximate surface area is 142 Å². The van der Waals surface area contributed by atoms with Crippen molar-refractivity contribution in [1.82, 2.24) is 4.90 Å². The van der Waals surface area contributed by atoms with Gasteiger partial charge in [0.1, 0.15) is 0 Å². The SMILES string of the molecule is CC(=O)c1cccc(NC(=O)C2CC2C(=O)N2CCCCCC2)c1. The number of benzene rings is 1. The van der Waals surface area contributed by atoms with Gasteiger partial charge in [0.25, 0.3) is 0 Å². The lowest BCUT2D eigenvalue weighted by atomic mass is 10.1. The molecule has 2 unspecified atom stereocenters. The molecule has 1 saturated carbocycles. The van der Waals surface area contributed by atoms with E-state index >= 15 is 0 Å². The summed E-state index contributed by atoms with van der Waals surface area (Å²) in [7, 11) is 0. The van der Waals surface area contributed by atoms with Crippen molar-refractivity contribution in [2.24, 2.45) is 11.8 Å². The zero-order valence-corrected chi connectivity index (χ0v) is 14.1. The predicted molar refractivity (Wildman–Crippen MR) is 91.7 cm³/mol. The lowest BCUT2D eigenvalue weighted by Gasteiger charge is -2.20. The zero-order chi connectivity index (χ0) is 17.1. The number of nitrogens with one attached hydrogen (secondary N) is 1. The highest BCUT2D eigenvalue weighted by molar-refractivity contribution is 6.01. The molecule has 5 nitrogen and oxygen atoms in total. The van der Waals surface area contributed by atoms with E-state index in [9.17, 15) is 14.4 Å². The summed E-state index contributed by atoms with van der Waals surface area (Å²) in [6.07, 6.45) is 5.13. The van der Waals surface area contributed by atoms with Crippen molar-refractivity contribution in [3.63, 3.8) is 0 Å². The number of Topliss-reactive ketones (excluding diaryl/α,β-unsaturated/α-hetero) is 1. The summed E-state index contributed by atoms with van der Waals surface area (Å²) in [6, 6.07) is 6.91. The Morgan fingerprint density at radius 1 is 1.04 bits per heavy atom. The van der Waals surface area contributed by atoms with Crippen LogP contribution in [0.25, 0.3) is 0 Å². The second kappa shape index (κ2) is 7.16. The number of rotatable bonds is 4. The van der Waals surface area contributed by atoms with Gasteiger partial charge >= 0.3 is 0 Å². The molecular formula is C19H24N2O3. The molecule has 1 aliphatic carbocycles. The molecule has 24 heavy (non-hydrogen) atoms. The van der Waals surface area contributed by atoms with Crippen molar-refractivity contribution in [3.05, 3.63) is 29.8 Å². The maximum Gasteiger partial charge on any atom is 0.228 e. The molecule has 0 bridgehead atoms. The van der Waals surface area contributed by atoms with Crippen LogP contribution in [0, 0.1) is 11.8 Å². The van der Waals surface area contributed by atoms with Gasteiger partial charge in [0.15, 0.2) is 5.78 Å². The molecule has 0 aromatic heterocycles. The van der Waals surface area contributed by atoms with E-state index in [2.05, 4.69) is 5.32 Å². The fourth-order valence-corrected chi connectivity index (χ4v) is 3.33. The molecule has 128 valence electrons. The molecule has 1 heterocycles. The average Bonchev–Trinajstić information content (AvgIpc) is 3.38. The molecule has 0 radical (unpaired) electrons. The first-order valence-corrected chi connectivity index (χ1v) is 8.77. The van der Waals surface area contributed by atoms with Gasteiger partial charge in [-0.15, -0.1) is 0 Å². The van der Waals surface area contributed by atoms with E-state index in [1.807, 2.05) is 4.90 Å². The van der Waals surface area contributed by atoms with Crippen LogP contribution in [0.4, 0.5) is 5.69 Å². The normalized spacial score (nSPS) is 23.3. The van der Waals surface area contributed by atoms with Crippen LogP contribution in [-0.2, 0) is 9.59 Å². The fraction of sp³-hybridized carbons (Fsp3) is 0.526. The minimum absolute atomic E-state index is 0.0354. The highest BCUT2D eigenvalue weighted by atomic mass is 16.2. The summed E-state index contributed by atoms with van der Waals surface area (Å²) in [4.78, 5) is 38.2. The Morgan fingerprint density at radius 2 is 1.75 bits per heavy atom. The van der Waals surface area contributed by atoms with Gasteiger partial charge in [-0.05, 0) is 38.3 Å². The molecule has 5 heteroatoms. The maximum atomic E-state index is 12.5. The summed E-state index contributed by atoms with van der Waals surface area (Å²) >= 11 is 0. The second-order valence-corrected chi connectivity index (χ2v) is 6.81. The van der Waals surface area contributed by atoms with Crippen molar-refractivity contribution in [3.8, 4) is 0 Å². The van der Waals surface area contributed by atoms with Gasteiger partial charge < -0.3 is 10.2 Å². The molecule has 2 aliphatic rings. The summed E-state index contributed by atoms with van der Waals surface area (Å²) in [5, 5.41) is 2.84. The number of likely N-dealkylation sites (tertiary alicyclic amines) is 1. The van der Waals surface area contributed by atoms with E-state index in [4.69, 9.17) is 0 Å². The number of anilines is 1. The summed E-state index contributed by atoms with van der Waals surface area (Å²) in [6.45, 7) is 3.15. The smallest absolute Gasteiger partial charge is 0.228 e. The van der Waals surface area contributed by atoms with Gasteiger partial charge in [0, 0.05) is 24.3 Å². The van der Waals surface area contributed by atoms with E-state index in [1.54, 1.807) is 24.3 Å². The van der Waals surface area contributed by atoms with Crippen molar-refractivity contribution in [2.45, 2.75) is 39.0 Å². The first-order chi connectivity index (χ1) is 11.6. The molecule has 2 amide bonds. The second-order valence-electron chi connectivity index (χ2n) is 6.81. The van der Waals surface area contributed by atoms with Crippen molar-refractivity contribution < 1.29 is 14.4 Å². The third kappa shape index (κ3) is 3.83. The molecule has 3 rings (SSSR count). The maximum absolute atomic E-state index is 12.5. The topological polar surface area (TPSA) is 66.5 Å². The van der Waals surface area contributed by atoms with E-state index in [1.165, 1.54) is 19.8 Å². The number of carbonyl (C=O) groups is 3. The minimum Gasteiger partial charge on any atom is -0.342 e. The standard InChI is InChI=1S/C19H24N2O3/c1-13(22)14-7-6-8-15(11-14)20-18(23)16-12-17(16)19(24)21-9-4-2-3-5-10-21/h6-8,11,16-17H,2-5,9-10,12H2,1H3,(H,20,23). The van der Waals surface area contributed by atoms with Crippen LogP contribution in [0.5, 0.6) is 0 Å². The Kier molecular flexibility index (Phi) is 4.97. The minimum atomic E-state index is -0.235. The Morgan fingerprint density at radius 3 is 2.42 bits per heavy atom. The Bertz CT molecular complexity index is 648. The zero-order valence-electron chi connectivity index (χ0n) is 14.1. The highest BCUT2D eigenvalue weighted by Crippen LogP contribution is 2.41. The first-order valence-electron chi connectivity index (χ1n) is 8.77. The number of hydrogen-bond donors (Lipinski definition) is 1. The lowest BCUT2D eigenvalue weighted by Crippen LogP contribution is -2.34. The summed E-state index contributed by atoms with van der Waals surface area (Å²) in [5.41, 5.74) is 1.18. The van der Waals surface area contributed by atoms with Crippen LogP contribution in [-0.4, -0.2) is 35.6 Å². The van der Waals surface area contributed by atoms with Crippen LogP contribution in [0.15, 0.2) is 24.3 Å². The van der Waals surface area contributed by atoms with Gasteiger partial charge in [-0.25, -0.2) is 0 Å². The predicted octanol–water partition coefficient (Wildman–Crippen LogP) is 2.87. The van der Waals surface area contributed by atoms with Gasteiger partial charge in [0.2, 0.25) is 11.8 Å². The number of amides is 2. The van der Waals surface area contributed by atoms with E-state index < -0.39 is 0 Å². The van der Waals surface area contributed by atoms with Gasteiger partial charge in [0.05, 0.1) is 11.8 Å². The summed E-state index contributed by atoms with van der Waals surface area (Å²) in [5.74, 6) is -0.425. The summed E-state index contributed by atoms with van der Waals surface area (Å²) < 4.78 is 0. The number of hydrogen-bond acceptors (Lipinski definition) is 3. The third-order valence-corrected chi connectivity index (χ3v) is 4.90. The van der Waals surface area contributed by atoms with Gasteiger partial charge in [-0.1, -0.05) is 25.0 Å². The molecule has 1 N–H and O–H groups in total. The van der Waals surface area contributed by atoms with Crippen LogP contribution >= 0.6 is 0 Å². The van der Waals surface area contributed by atoms with Crippen LogP contribution in [0.1, 0.15) is 49.4 Å². The van der Waals surface area contributed by atoms with Crippen molar-refractivity contribution >= 4 is 23.3 Å². The van der Waals surface area contributed by atoms with Crippen LogP contribution in [0.3, 0.4) is 0 Å². The van der Waals surface area contributed by atoms with E-state index in [0.29, 0.717) is 17.7 Å². The number of nitrogens with zero attached hydrogens (tertiary/aromatic N) is 1. The molecular weight excluding hydrogens is 304 g/mol. The molecule has 0 spiro atoms. The molecule has 1 aromatic rings. The lowest BCUT2D eigenvalue weighted by molar-refractivity contribution is -0.134. The molecule has 1 saturated heterocycles. The largest absolute Gasteiger partial charge is 0.342 e. The van der Waals surface area contributed by atoms with E-state index in [-0.39, 0.29) is 29.4 Å². The van der Waals surface area contributed by atoms with Gasteiger partial charge in [-0.2, -0.15) is 0 Å². The molecule has 2 atom stereocenters. The Balaban J connectivity index is 1.56. The molecule has 1 aromatic carbocycles. The first kappa shape index (κ1) is 16.7. The van der Waals surface area contributed by atoms with E-state index in [0.717, 1.165) is 25.9 Å². The quantitative estimate of drug-likeness (QED) is 0.864.